The number of aromatic nitrogens is 3. The maximum absolute atomic E-state index is 14.6. The fourth-order valence-corrected chi connectivity index (χ4v) is 3.10. The van der Waals surface area contributed by atoms with Crippen molar-refractivity contribution in [1.29, 1.82) is 0 Å². The second kappa shape index (κ2) is 6.67. The van der Waals surface area contributed by atoms with Gasteiger partial charge in [0, 0.05) is 43.0 Å². The van der Waals surface area contributed by atoms with Gasteiger partial charge in [-0.1, -0.05) is 0 Å². The monoisotopic (exact) mass is 364 g/mol. The molecule has 3 aromatic rings. The highest BCUT2D eigenvalue weighted by Crippen LogP contribution is 2.24. The standard InChI is InChI=1S/C17H15ClF2N4O/c18-17-21-9-11-1-2-24(16(11)22-17)12-7-14(19)13(15(20)8-12)10-23-3-5-25-6-4-23/h1-2,7-9H,3-6,10H2. The Kier molecular flexibility index (Phi) is 4.37. The smallest absolute Gasteiger partial charge is 0.224 e. The van der Waals surface area contributed by atoms with Crippen LogP contribution in [0.2, 0.25) is 5.28 Å². The summed E-state index contributed by atoms with van der Waals surface area (Å²) in [5, 5.41) is 0.819. The quantitative estimate of drug-likeness (QED) is 0.669. The van der Waals surface area contributed by atoms with E-state index in [2.05, 4.69) is 9.97 Å². The molecule has 3 heterocycles. The summed E-state index contributed by atoms with van der Waals surface area (Å²) in [5.74, 6) is -1.16. The number of ether oxygens (including phenoxy) is 1. The van der Waals surface area contributed by atoms with Crippen molar-refractivity contribution in [3.05, 3.63) is 53.1 Å². The van der Waals surface area contributed by atoms with Crippen LogP contribution in [0.25, 0.3) is 16.7 Å². The predicted molar refractivity (Wildman–Crippen MR) is 89.9 cm³/mol. The van der Waals surface area contributed by atoms with Crippen LogP contribution in [0.15, 0.2) is 30.6 Å². The highest BCUT2D eigenvalue weighted by Gasteiger charge is 2.18. The summed E-state index contributed by atoms with van der Waals surface area (Å²) in [5.41, 5.74) is 0.917. The van der Waals surface area contributed by atoms with Crippen molar-refractivity contribution in [3.8, 4) is 5.69 Å². The van der Waals surface area contributed by atoms with E-state index in [9.17, 15) is 8.78 Å². The van der Waals surface area contributed by atoms with Gasteiger partial charge < -0.3 is 9.30 Å². The third-order valence-electron chi connectivity index (χ3n) is 4.29. The molecule has 4 rings (SSSR count). The van der Waals surface area contributed by atoms with E-state index in [0.29, 0.717) is 37.6 Å². The first-order valence-electron chi connectivity index (χ1n) is 7.90. The molecule has 0 spiro atoms. The van der Waals surface area contributed by atoms with Crippen LogP contribution in [0.3, 0.4) is 0 Å². The Morgan fingerprint density at radius 3 is 2.60 bits per heavy atom. The van der Waals surface area contributed by atoms with E-state index < -0.39 is 11.6 Å². The normalized spacial score (nSPS) is 15.8. The molecule has 1 aliphatic heterocycles. The van der Waals surface area contributed by atoms with Crippen molar-refractivity contribution in [2.45, 2.75) is 6.54 Å². The van der Waals surface area contributed by atoms with Crippen molar-refractivity contribution < 1.29 is 13.5 Å². The minimum atomic E-state index is -0.580. The van der Waals surface area contributed by atoms with E-state index in [1.54, 1.807) is 23.0 Å². The van der Waals surface area contributed by atoms with Crippen molar-refractivity contribution in [2.24, 2.45) is 0 Å². The van der Waals surface area contributed by atoms with Crippen LogP contribution >= 0.6 is 11.6 Å². The maximum atomic E-state index is 14.6. The average Bonchev–Trinajstić information content (AvgIpc) is 3.02. The van der Waals surface area contributed by atoms with Crippen LogP contribution in [0.4, 0.5) is 8.78 Å². The molecule has 25 heavy (non-hydrogen) atoms. The molecular weight excluding hydrogens is 350 g/mol. The Bertz CT molecular complexity index is 901. The predicted octanol–water partition coefficient (Wildman–Crippen LogP) is 3.18. The molecule has 0 amide bonds. The van der Waals surface area contributed by atoms with Crippen molar-refractivity contribution in [1.82, 2.24) is 19.4 Å². The molecule has 5 nitrogen and oxygen atoms in total. The minimum absolute atomic E-state index is 0.0646. The van der Waals surface area contributed by atoms with Crippen LogP contribution in [-0.4, -0.2) is 45.7 Å². The van der Waals surface area contributed by atoms with Crippen molar-refractivity contribution in [2.75, 3.05) is 26.3 Å². The number of hydrogen-bond donors (Lipinski definition) is 0. The van der Waals surface area contributed by atoms with Crippen LogP contribution in [0.5, 0.6) is 0 Å². The molecule has 0 atom stereocenters. The van der Waals surface area contributed by atoms with Gasteiger partial charge in [0.25, 0.3) is 0 Å². The topological polar surface area (TPSA) is 43.2 Å². The van der Waals surface area contributed by atoms with Gasteiger partial charge in [0.2, 0.25) is 5.28 Å². The molecule has 1 aromatic carbocycles. The van der Waals surface area contributed by atoms with E-state index in [1.165, 1.54) is 12.1 Å². The third-order valence-corrected chi connectivity index (χ3v) is 4.47. The Hall–Kier alpha value is -2.09. The van der Waals surface area contributed by atoms with Gasteiger partial charge in [-0.15, -0.1) is 0 Å². The molecule has 1 aliphatic rings. The Balaban J connectivity index is 1.70. The van der Waals surface area contributed by atoms with Crippen LogP contribution < -0.4 is 0 Å². The van der Waals surface area contributed by atoms with E-state index in [-0.39, 0.29) is 17.4 Å². The van der Waals surface area contributed by atoms with Gasteiger partial charge in [-0.3, -0.25) is 4.90 Å². The summed E-state index contributed by atoms with van der Waals surface area (Å²) >= 11 is 5.83. The van der Waals surface area contributed by atoms with Crippen molar-refractivity contribution in [3.63, 3.8) is 0 Å². The van der Waals surface area contributed by atoms with Crippen LogP contribution in [0.1, 0.15) is 5.56 Å². The van der Waals surface area contributed by atoms with Gasteiger partial charge in [-0.25, -0.2) is 13.8 Å². The molecule has 0 saturated carbocycles. The number of benzene rings is 1. The third kappa shape index (κ3) is 3.22. The van der Waals surface area contributed by atoms with Gasteiger partial charge in [0.05, 0.1) is 18.9 Å². The van der Waals surface area contributed by atoms with Gasteiger partial charge in [0.1, 0.15) is 17.3 Å². The molecule has 8 heteroatoms. The highest BCUT2D eigenvalue weighted by atomic mass is 35.5. The molecule has 0 aliphatic carbocycles. The first-order chi connectivity index (χ1) is 12.1. The summed E-state index contributed by atoms with van der Waals surface area (Å²) in [6.07, 6.45) is 3.26. The zero-order valence-corrected chi connectivity index (χ0v) is 14.0. The highest BCUT2D eigenvalue weighted by molar-refractivity contribution is 6.28. The van der Waals surface area contributed by atoms with E-state index >= 15 is 0 Å². The largest absolute Gasteiger partial charge is 0.379 e. The lowest BCUT2D eigenvalue weighted by atomic mass is 10.1. The molecule has 1 saturated heterocycles. The molecule has 2 aromatic heterocycles. The average molecular weight is 365 g/mol. The lowest BCUT2D eigenvalue weighted by molar-refractivity contribution is 0.0332. The second-order valence-electron chi connectivity index (χ2n) is 5.88. The fourth-order valence-electron chi connectivity index (χ4n) is 2.97. The van der Waals surface area contributed by atoms with E-state index in [1.807, 2.05) is 4.90 Å². The molecular formula is C17H15ClF2N4O. The van der Waals surface area contributed by atoms with Crippen LogP contribution in [0, 0.1) is 11.6 Å². The molecule has 130 valence electrons. The Morgan fingerprint density at radius 2 is 1.88 bits per heavy atom. The number of morpholine rings is 1. The zero-order valence-electron chi connectivity index (χ0n) is 13.3. The van der Waals surface area contributed by atoms with Crippen molar-refractivity contribution >= 4 is 22.6 Å². The number of nitrogens with zero attached hydrogens (tertiary/aromatic N) is 4. The lowest BCUT2D eigenvalue weighted by Gasteiger charge is -2.27. The van der Waals surface area contributed by atoms with Gasteiger partial charge in [-0.2, -0.15) is 4.98 Å². The minimum Gasteiger partial charge on any atom is -0.379 e. The summed E-state index contributed by atoms with van der Waals surface area (Å²) in [4.78, 5) is 10.0. The van der Waals surface area contributed by atoms with E-state index in [4.69, 9.17) is 16.3 Å². The second-order valence-corrected chi connectivity index (χ2v) is 6.22. The summed E-state index contributed by atoms with van der Waals surface area (Å²) in [7, 11) is 0. The van der Waals surface area contributed by atoms with Gasteiger partial charge in [-0.05, 0) is 29.8 Å². The summed E-state index contributed by atoms with van der Waals surface area (Å²) in [6, 6.07) is 4.39. The summed E-state index contributed by atoms with van der Waals surface area (Å²) in [6.45, 7) is 2.71. The fraction of sp³-hybridized carbons (Fsp3) is 0.294. The van der Waals surface area contributed by atoms with Gasteiger partial charge >= 0.3 is 0 Å². The van der Waals surface area contributed by atoms with Gasteiger partial charge in [0.15, 0.2) is 0 Å². The van der Waals surface area contributed by atoms with Crippen LogP contribution in [-0.2, 0) is 11.3 Å². The molecule has 0 bridgehead atoms. The Labute approximate surface area is 147 Å². The first-order valence-corrected chi connectivity index (χ1v) is 8.27. The molecule has 0 radical (unpaired) electrons. The van der Waals surface area contributed by atoms with E-state index in [0.717, 1.165) is 5.39 Å². The lowest BCUT2D eigenvalue weighted by Crippen LogP contribution is -2.36. The number of rotatable bonds is 3. The molecule has 0 N–H and O–H groups in total. The zero-order chi connectivity index (χ0) is 17.4. The number of halogens is 3. The number of hydrogen-bond acceptors (Lipinski definition) is 4. The summed E-state index contributed by atoms with van der Waals surface area (Å²) < 4.78 is 36.0. The Morgan fingerprint density at radius 1 is 1.16 bits per heavy atom. The SMILES string of the molecule is Fc1cc(-n2ccc3cnc(Cl)nc32)cc(F)c1CN1CCOCC1. The molecule has 0 unspecified atom stereocenters. The first kappa shape index (κ1) is 16.4. The maximum Gasteiger partial charge on any atom is 0.224 e. The molecule has 1 fully saturated rings. The number of fused-ring (bicyclic) bond motifs is 1.